The first-order chi connectivity index (χ1) is 7.78. The Bertz CT molecular complexity index is 459. The molecular weight excluding hydrogens is 294 g/mol. The number of hydrogen-bond donors (Lipinski definition) is 1. The molecule has 0 aromatic carbocycles. The lowest BCUT2D eigenvalue weighted by Gasteiger charge is -2.25. The predicted molar refractivity (Wildman–Crippen MR) is 79.0 cm³/mol. The van der Waals surface area contributed by atoms with Gasteiger partial charge in [-0.2, -0.15) is 0 Å². The van der Waals surface area contributed by atoms with Crippen LogP contribution in [-0.4, -0.2) is 42.9 Å². The topological polar surface area (TPSA) is 76.3 Å². The van der Waals surface area contributed by atoms with Gasteiger partial charge in [-0.05, 0) is 13.8 Å². The van der Waals surface area contributed by atoms with Gasteiger partial charge in [-0.25, -0.2) is 13.4 Å². The van der Waals surface area contributed by atoms with Crippen LogP contribution >= 0.6 is 23.7 Å². The molecule has 8 heteroatoms. The maximum atomic E-state index is 11.2. The zero-order valence-corrected chi connectivity index (χ0v) is 13.2. The molecule has 0 aliphatic rings. The van der Waals surface area contributed by atoms with Crippen molar-refractivity contribution in [2.45, 2.75) is 26.4 Å². The Hall–Kier alpha value is -0.370. The van der Waals surface area contributed by atoms with Crippen molar-refractivity contribution in [2.75, 3.05) is 24.3 Å². The summed E-state index contributed by atoms with van der Waals surface area (Å²) in [6, 6.07) is 0.292. The monoisotopic (exact) mass is 313 g/mol. The van der Waals surface area contributed by atoms with Gasteiger partial charge >= 0.3 is 0 Å². The van der Waals surface area contributed by atoms with E-state index in [0.29, 0.717) is 24.3 Å². The summed E-state index contributed by atoms with van der Waals surface area (Å²) in [4.78, 5) is 7.15. The Morgan fingerprint density at radius 3 is 2.50 bits per heavy atom. The van der Waals surface area contributed by atoms with Crippen molar-refractivity contribution in [3.05, 3.63) is 11.1 Å². The van der Waals surface area contributed by atoms with Gasteiger partial charge in [0.05, 0.1) is 5.75 Å². The Morgan fingerprint density at radius 2 is 2.11 bits per heavy atom. The van der Waals surface area contributed by atoms with Crippen molar-refractivity contribution < 1.29 is 8.42 Å². The maximum Gasteiger partial charge on any atom is 0.180 e. The van der Waals surface area contributed by atoms with Crippen LogP contribution in [0.15, 0.2) is 6.20 Å². The van der Waals surface area contributed by atoms with Crippen LogP contribution in [0.25, 0.3) is 0 Å². The molecule has 0 amide bonds. The highest BCUT2D eigenvalue weighted by molar-refractivity contribution is 7.90. The van der Waals surface area contributed by atoms with Gasteiger partial charge in [0.2, 0.25) is 0 Å². The fraction of sp³-hybridized carbons (Fsp3) is 0.700. The lowest BCUT2D eigenvalue weighted by molar-refractivity contribution is 0.228. The number of halogens is 1. The number of rotatable bonds is 6. The molecule has 5 nitrogen and oxygen atoms in total. The van der Waals surface area contributed by atoms with Gasteiger partial charge in [0, 0.05) is 36.5 Å². The van der Waals surface area contributed by atoms with Gasteiger partial charge < -0.3 is 5.73 Å². The molecule has 18 heavy (non-hydrogen) atoms. The summed E-state index contributed by atoms with van der Waals surface area (Å²) >= 11 is 1.44. The fourth-order valence-electron chi connectivity index (χ4n) is 1.40. The average molecular weight is 314 g/mol. The van der Waals surface area contributed by atoms with E-state index >= 15 is 0 Å². The van der Waals surface area contributed by atoms with Crippen molar-refractivity contribution in [1.82, 2.24) is 9.88 Å². The van der Waals surface area contributed by atoms with Crippen molar-refractivity contribution in [2.24, 2.45) is 0 Å². The molecule has 0 bridgehead atoms. The number of hydrogen-bond acceptors (Lipinski definition) is 6. The molecule has 1 aromatic heterocycles. The second kappa shape index (κ2) is 7.28. The fourth-order valence-corrected chi connectivity index (χ4v) is 2.67. The number of sulfone groups is 1. The number of thiazole rings is 1. The molecule has 0 unspecified atom stereocenters. The average Bonchev–Trinajstić information content (AvgIpc) is 2.56. The van der Waals surface area contributed by atoms with E-state index < -0.39 is 9.84 Å². The van der Waals surface area contributed by atoms with Crippen LogP contribution in [0.4, 0.5) is 5.13 Å². The highest BCUT2D eigenvalue weighted by Crippen LogP contribution is 2.17. The first-order valence-electron chi connectivity index (χ1n) is 5.40. The maximum absolute atomic E-state index is 11.2. The normalized spacial score (nSPS) is 11.8. The molecule has 2 N–H and O–H groups in total. The number of nitrogens with zero attached hydrogens (tertiary/aromatic N) is 2. The van der Waals surface area contributed by atoms with Gasteiger partial charge in [0.15, 0.2) is 5.13 Å². The van der Waals surface area contributed by atoms with Crippen LogP contribution in [0.1, 0.15) is 18.7 Å². The molecule has 0 spiro atoms. The van der Waals surface area contributed by atoms with Crippen molar-refractivity contribution >= 4 is 38.7 Å². The standard InChI is InChI=1S/C10H19N3O2S2.ClH/c1-8(2)13(4-5-17(3,14)15)7-9-6-12-10(11)16-9;/h6,8H,4-5,7H2,1-3H3,(H2,11,12);1H. The summed E-state index contributed by atoms with van der Waals surface area (Å²) in [6.07, 6.45) is 3.01. The van der Waals surface area contributed by atoms with E-state index in [-0.39, 0.29) is 18.2 Å². The van der Waals surface area contributed by atoms with E-state index in [4.69, 9.17) is 5.73 Å². The van der Waals surface area contributed by atoms with Gasteiger partial charge in [-0.3, -0.25) is 4.90 Å². The molecule has 1 heterocycles. The number of anilines is 1. The number of nitrogens with two attached hydrogens (primary N) is 1. The molecule has 0 atom stereocenters. The lowest BCUT2D eigenvalue weighted by atomic mass is 10.3. The first kappa shape index (κ1) is 17.6. The zero-order chi connectivity index (χ0) is 13.1. The van der Waals surface area contributed by atoms with E-state index in [1.807, 2.05) is 13.8 Å². The second-order valence-corrected chi connectivity index (χ2v) is 7.77. The quantitative estimate of drug-likeness (QED) is 0.859. The van der Waals surface area contributed by atoms with Crippen LogP contribution in [0.2, 0.25) is 0 Å². The summed E-state index contributed by atoms with van der Waals surface area (Å²) in [6.45, 7) is 5.33. The minimum absolute atomic E-state index is 0. The molecule has 0 saturated heterocycles. The largest absolute Gasteiger partial charge is 0.375 e. The molecule has 0 aliphatic carbocycles. The highest BCUT2D eigenvalue weighted by Gasteiger charge is 2.14. The smallest absolute Gasteiger partial charge is 0.180 e. The third-order valence-corrected chi connectivity index (χ3v) is 4.15. The van der Waals surface area contributed by atoms with Gasteiger partial charge in [0.25, 0.3) is 0 Å². The van der Waals surface area contributed by atoms with Crippen molar-refractivity contribution in [1.29, 1.82) is 0 Å². The Labute approximate surface area is 119 Å². The molecule has 0 fully saturated rings. The van der Waals surface area contributed by atoms with Crippen molar-refractivity contribution in [3.63, 3.8) is 0 Å². The third kappa shape index (κ3) is 6.53. The first-order valence-corrected chi connectivity index (χ1v) is 8.27. The molecular formula is C10H20ClN3O2S2. The van der Waals surface area contributed by atoms with Crippen LogP contribution in [0, 0.1) is 0 Å². The summed E-state index contributed by atoms with van der Waals surface area (Å²) in [7, 11) is -2.92. The van der Waals surface area contributed by atoms with E-state index in [2.05, 4.69) is 9.88 Å². The molecule has 0 saturated carbocycles. The van der Waals surface area contributed by atoms with Gasteiger partial charge in [0.1, 0.15) is 9.84 Å². The minimum atomic E-state index is -2.92. The summed E-state index contributed by atoms with van der Waals surface area (Å²) in [5.41, 5.74) is 5.57. The lowest BCUT2D eigenvalue weighted by Crippen LogP contribution is -2.34. The van der Waals surface area contributed by atoms with Crippen LogP contribution < -0.4 is 5.73 Å². The summed E-state index contributed by atoms with van der Waals surface area (Å²) < 4.78 is 22.3. The number of nitrogen functional groups attached to an aromatic ring is 1. The molecule has 0 aliphatic heterocycles. The summed E-state index contributed by atoms with van der Waals surface area (Å²) in [5, 5.41) is 0.548. The van der Waals surface area contributed by atoms with Crippen LogP contribution in [-0.2, 0) is 16.4 Å². The molecule has 0 radical (unpaired) electrons. The SMILES string of the molecule is CC(C)N(CCS(C)(=O)=O)Cc1cnc(N)s1.Cl. The van der Waals surface area contributed by atoms with Crippen LogP contribution in [0.5, 0.6) is 0 Å². The minimum Gasteiger partial charge on any atom is -0.375 e. The highest BCUT2D eigenvalue weighted by atomic mass is 35.5. The predicted octanol–water partition coefficient (Wildman–Crippen LogP) is 1.40. The molecule has 1 rings (SSSR count). The zero-order valence-electron chi connectivity index (χ0n) is 10.8. The van der Waals surface area contributed by atoms with E-state index in [0.717, 1.165) is 4.88 Å². The second-order valence-electron chi connectivity index (χ2n) is 4.36. The summed E-state index contributed by atoms with van der Waals surface area (Å²) in [5.74, 6) is 0.180. The third-order valence-electron chi connectivity index (χ3n) is 2.41. The Balaban J connectivity index is 0.00000289. The van der Waals surface area contributed by atoms with Gasteiger partial charge in [-0.1, -0.05) is 0 Å². The van der Waals surface area contributed by atoms with E-state index in [9.17, 15) is 8.42 Å². The van der Waals surface area contributed by atoms with E-state index in [1.54, 1.807) is 6.20 Å². The van der Waals surface area contributed by atoms with E-state index in [1.165, 1.54) is 17.6 Å². The van der Waals surface area contributed by atoms with Crippen molar-refractivity contribution in [3.8, 4) is 0 Å². The molecule has 106 valence electrons. The molecule has 1 aromatic rings. The van der Waals surface area contributed by atoms with Crippen LogP contribution in [0.3, 0.4) is 0 Å². The van der Waals surface area contributed by atoms with Gasteiger partial charge in [-0.15, -0.1) is 23.7 Å². The Kier molecular flexibility index (Phi) is 7.13. The number of aromatic nitrogens is 1. The Morgan fingerprint density at radius 1 is 1.50 bits per heavy atom.